The van der Waals surface area contributed by atoms with Crippen LogP contribution in [0.2, 0.25) is 0 Å². The summed E-state index contributed by atoms with van der Waals surface area (Å²) in [4.78, 5) is 2.30. The van der Waals surface area contributed by atoms with E-state index in [9.17, 15) is 0 Å². The standard InChI is InChI=1S/C9H19NO2/c1-8(11)5-10-4-3-9(6-10)7-12-2/h8-9,11H,3-7H2,1-2H3/t8-,9?/m1/s1. The highest BCUT2D eigenvalue weighted by Crippen LogP contribution is 2.16. The molecule has 0 aromatic heterocycles. The SMILES string of the molecule is COCC1CCN(C[C@@H](C)O)C1. The van der Waals surface area contributed by atoms with Crippen molar-refractivity contribution in [2.24, 2.45) is 5.92 Å². The van der Waals surface area contributed by atoms with Gasteiger partial charge in [0.1, 0.15) is 0 Å². The summed E-state index contributed by atoms with van der Waals surface area (Å²) in [6.07, 6.45) is 1.01. The predicted octanol–water partition coefficient (Wildman–Crippen LogP) is 0.336. The summed E-state index contributed by atoms with van der Waals surface area (Å²) < 4.78 is 5.09. The number of likely N-dealkylation sites (tertiary alicyclic amines) is 1. The van der Waals surface area contributed by atoms with Gasteiger partial charge in [-0.1, -0.05) is 0 Å². The lowest BCUT2D eigenvalue weighted by Gasteiger charge is -2.17. The van der Waals surface area contributed by atoms with Crippen LogP contribution < -0.4 is 0 Å². The second-order valence-electron chi connectivity index (χ2n) is 3.72. The highest BCUT2D eigenvalue weighted by molar-refractivity contribution is 4.76. The average Bonchev–Trinajstić information content (AvgIpc) is 2.36. The van der Waals surface area contributed by atoms with Crippen molar-refractivity contribution in [3.8, 4) is 0 Å². The fourth-order valence-corrected chi connectivity index (χ4v) is 1.82. The van der Waals surface area contributed by atoms with Crippen molar-refractivity contribution in [2.75, 3.05) is 33.4 Å². The first-order valence-electron chi connectivity index (χ1n) is 4.61. The topological polar surface area (TPSA) is 32.7 Å². The van der Waals surface area contributed by atoms with E-state index in [1.807, 2.05) is 6.92 Å². The second-order valence-corrected chi connectivity index (χ2v) is 3.72. The molecule has 2 atom stereocenters. The number of β-amino-alcohol motifs (C(OH)–C–C–N with tert-alkyl or cyclic N) is 1. The first kappa shape index (κ1) is 9.96. The molecule has 0 bridgehead atoms. The molecule has 12 heavy (non-hydrogen) atoms. The summed E-state index contributed by atoms with van der Waals surface area (Å²) in [5.41, 5.74) is 0. The Labute approximate surface area is 74.3 Å². The van der Waals surface area contributed by atoms with Crippen molar-refractivity contribution in [3.05, 3.63) is 0 Å². The second kappa shape index (κ2) is 4.80. The number of methoxy groups -OCH3 is 1. The van der Waals surface area contributed by atoms with Crippen molar-refractivity contribution in [1.82, 2.24) is 4.90 Å². The third-order valence-electron chi connectivity index (χ3n) is 2.29. The van der Waals surface area contributed by atoms with Crippen LogP contribution in [0.5, 0.6) is 0 Å². The lowest BCUT2D eigenvalue weighted by Crippen LogP contribution is -2.29. The molecule has 3 heteroatoms. The Morgan fingerprint density at radius 2 is 2.42 bits per heavy atom. The summed E-state index contributed by atoms with van der Waals surface area (Å²) in [6, 6.07) is 0. The third-order valence-corrected chi connectivity index (χ3v) is 2.29. The van der Waals surface area contributed by atoms with Crippen molar-refractivity contribution in [1.29, 1.82) is 0 Å². The van der Waals surface area contributed by atoms with Gasteiger partial charge in [0.05, 0.1) is 12.7 Å². The lowest BCUT2D eigenvalue weighted by atomic mass is 10.1. The number of rotatable bonds is 4. The molecule has 1 N–H and O–H groups in total. The molecule has 72 valence electrons. The molecule has 3 nitrogen and oxygen atoms in total. The van der Waals surface area contributed by atoms with Crippen LogP contribution in [0.1, 0.15) is 13.3 Å². The zero-order chi connectivity index (χ0) is 8.97. The van der Waals surface area contributed by atoms with Crippen LogP contribution in [0.4, 0.5) is 0 Å². The molecule has 1 aliphatic heterocycles. The van der Waals surface area contributed by atoms with E-state index >= 15 is 0 Å². The quantitative estimate of drug-likeness (QED) is 0.665. The first-order valence-corrected chi connectivity index (χ1v) is 4.61. The van der Waals surface area contributed by atoms with Crippen LogP contribution in [-0.4, -0.2) is 49.5 Å². The fraction of sp³-hybridized carbons (Fsp3) is 1.00. The molecule has 1 aliphatic rings. The minimum Gasteiger partial charge on any atom is -0.392 e. The Kier molecular flexibility index (Phi) is 3.98. The molecule has 1 fully saturated rings. The van der Waals surface area contributed by atoms with E-state index < -0.39 is 0 Å². The fourth-order valence-electron chi connectivity index (χ4n) is 1.82. The predicted molar refractivity (Wildman–Crippen MR) is 48.1 cm³/mol. The summed E-state index contributed by atoms with van der Waals surface area (Å²) in [6.45, 7) is 5.69. The van der Waals surface area contributed by atoms with Crippen LogP contribution in [0, 0.1) is 5.92 Å². The number of ether oxygens (including phenoxy) is 1. The number of aliphatic hydroxyl groups excluding tert-OH is 1. The summed E-state index contributed by atoms with van der Waals surface area (Å²) in [5.74, 6) is 0.675. The molecule has 1 unspecified atom stereocenters. The van der Waals surface area contributed by atoms with Crippen molar-refractivity contribution < 1.29 is 9.84 Å². The Hall–Kier alpha value is -0.120. The van der Waals surface area contributed by atoms with Gasteiger partial charge in [-0.15, -0.1) is 0 Å². The van der Waals surface area contributed by atoms with Crippen molar-refractivity contribution >= 4 is 0 Å². The van der Waals surface area contributed by atoms with Gasteiger partial charge >= 0.3 is 0 Å². The van der Waals surface area contributed by atoms with Gasteiger partial charge in [-0.05, 0) is 25.8 Å². The normalized spacial score (nSPS) is 27.8. The molecule has 0 aromatic carbocycles. The van der Waals surface area contributed by atoms with Crippen LogP contribution in [0.25, 0.3) is 0 Å². The van der Waals surface area contributed by atoms with E-state index in [1.165, 1.54) is 6.42 Å². The summed E-state index contributed by atoms with van der Waals surface area (Å²) >= 11 is 0. The molecule has 1 rings (SSSR count). The summed E-state index contributed by atoms with van der Waals surface area (Å²) in [7, 11) is 1.75. The van der Waals surface area contributed by atoms with E-state index in [4.69, 9.17) is 9.84 Å². The molecule has 0 saturated carbocycles. The van der Waals surface area contributed by atoms with Gasteiger partial charge in [0.15, 0.2) is 0 Å². The van der Waals surface area contributed by atoms with Crippen molar-refractivity contribution in [3.63, 3.8) is 0 Å². The Morgan fingerprint density at radius 1 is 1.67 bits per heavy atom. The zero-order valence-electron chi connectivity index (χ0n) is 7.99. The van der Waals surface area contributed by atoms with Gasteiger partial charge < -0.3 is 14.7 Å². The molecule has 0 aliphatic carbocycles. The van der Waals surface area contributed by atoms with Gasteiger partial charge in [-0.3, -0.25) is 0 Å². The maximum absolute atomic E-state index is 9.16. The monoisotopic (exact) mass is 173 g/mol. The van der Waals surface area contributed by atoms with Gasteiger partial charge in [0.2, 0.25) is 0 Å². The molecule has 0 aromatic rings. The first-order chi connectivity index (χ1) is 5.72. The zero-order valence-corrected chi connectivity index (χ0v) is 7.99. The van der Waals surface area contributed by atoms with Gasteiger partial charge in [-0.2, -0.15) is 0 Å². The molecular weight excluding hydrogens is 154 g/mol. The molecule has 0 amide bonds. The maximum Gasteiger partial charge on any atom is 0.0639 e. The van der Waals surface area contributed by atoms with Gasteiger partial charge in [-0.25, -0.2) is 0 Å². The Bertz CT molecular complexity index is 128. The molecule has 0 spiro atoms. The van der Waals surface area contributed by atoms with E-state index in [2.05, 4.69) is 4.90 Å². The largest absolute Gasteiger partial charge is 0.392 e. The lowest BCUT2D eigenvalue weighted by molar-refractivity contribution is 0.126. The number of hydrogen-bond donors (Lipinski definition) is 1. The number of aliphatic hydroxyl groups is 1. The number of hydrogen-bond acceptors (Lipinski definition) is 3. The minimum absolute atomic E-state index is 0.203. The van der Waals surface area contributed by atoms with Gasteiger partial charge in [0, 0.05) is 20.2 Å². The van der Waals surface area contributed by atoms with E-state index in [0.717, 1.165) is 26.2 Å². The van der Waals surface area contributed by atoms with E-state index in [1.54, 1.807) is 7.11 Å². The highest BCUT2D eigenvalue weighted by Gasteiger charge is 2.22. The van der Waals surface area contributed by atoms with E-state index in [-0.39, 0.29) is 6.10 Å². The smallest absolute Gasteiger partial charge is 0.0639 e. The van der Waals surface area contributed by atoms with Crippen LogP contribution in [-0.2, 0) is 4.74 Å². The van der Waals surface area contributed by atoms with Crippen LogP contribution in [0.15, 0.2) is 0 Å². The summed E-state index contributed by atoms with van der Waals surface area (Å²) in [5, 5.41) is 9.16. The molecular formula is C9H19NO2. The van der Waals surface area contributed by atoms with Crippen LogP contribution >= 0.6 is 0 Å². The average molecular weight is 173 g/mol. The Balaban J connectivity index is 2.16. The third kappa shape index (κ3) is 3.09. The molecule has 1 heterocycles. The van der Waals surface area contributed by atoms with Crippen LogP contribution in [0.3, 0.4) is 0 Å². The van der Waals surface area contributed by atoms with E-state index in [0.29, 0.717) is 5.92 Å². The highest BCUT2D eigenvalue weighted by atomic mass is 16.5. The molecule has 1 saturated heterocycles. The Morgan fingerprint density at radius 3 is 3.00 bits per heavy atom. The minimum atomic E-state index is -0.203. The van der Waals surface area contributed by atoms with Gasteiger partial charge in [0.25, 0.3) is 0 Å². The molecule has 0 radical (unpaired) electrons. The maximum atomic E-state index is 9.16. The number of nitrogens with zero attached hydrogens (tertiary/aromatic N) is 1. The van der Waals surface area contributed by atoms with Crippen molar-refractivity contribution in [2.45, 2.75) is 19.4 Å².